The second kappa shape index (κ2) is 8.00. The standard InChI is InChI=1S/C20H14F3N5O3S/c1-11-17(26-2)18(15-7-6-12(10-24)8-16(15)32(25,30)31)27-19(29)28(11)14-5-3-4-13(9-14)20(21,22)23/h3-9,18H,1H3,(H,27,29)(H2,25,30,31)/t18-/m1/s1. The van der Waals surface area contributed by atoms with E-state index >= 15 is 0 Å². The third-order valence-electron chi connectivity index (χ3n) is 4.76. The fraction of sp³-hybridized carbons (Fsp3) is 0.150. The molecule has 0 spiro atoms. The highest BCUT2D eigenvalue weighted by Crippen LogP contribution is 2.38. The van der Waals surface area contributed by atoms with Crippen molar-refractivity contribution in [2.75, 3.05) is 4.90 Å². The maximum atomic E-state index is 13.1. The summed E-state index contributed by atoms with van der Waals surface area (Å²) in [4.78, 5) is 16.7. The first-order valence-electron chi connectivity index (χ1n) is 8.81. The van der Waals surface area contributed by atoms with Gasteiger partial charge in [0.05, 0.1) is 34.7 Å². The molecule has 0 fully saturated rings. The van der Waals surface area contributed by atoms with Gasteiger partial charge < -0.3 is 5.32 Å². The Morgan fingerprint density at radius 1 is 1.25 bits per heavy atom. The van der Waals surface area contributed by atoms with Crippen molar-refractivity contribution in [2.24, 2.45) is 5.14 Å². The van der Waals surface area contributed by atoms with Crippen LogP contribution >= 0.6 is 0 Å². The summed E-state index contributed by atoms with van der Waals surface area (Å²) in [7, 11) is -4.34. The smallest absolute Gasteiger partial charge is 0.335 e. The number of nitrogens with zero attached hydrogens (tertiary/aromatic N) is 3. The minimum atomic E-state index is -4.64. The molecule has 1 aliphatic heterocycles. The van der Waals surface area contributed by atoms with Crippen molar-refractivity contribution >= 4 is 21.7 Å². The monoisotopic (exact) mass is 461 g/mol. The first-order valence-corrected chi connectivity index (χ1v) is 10.4. The molecule has 0 radical (unpaired) electrons. The summed E-state index contributed by atoms with van der Waals surface area (Å²) in [5.74, 6) is 0. The van der Waals surface area contributed by atoms with Crippen molar-refractivity contribution in [3.8, 4) is 6.07 Å². The molecule has 0 aliphatic carbocycles. The zero-order chi connectivity index (χ0) is 23.8. The van der Waals surface area contributed by atoms with Crippen LogP contribution in [0.1, 0.15) is 29.7 Å². The lowest BCUT2D eigenvalue weighted by atomic mass is 9.99. The number of nitrogens with two attached hydrogens (primary N) is 1. The van der Waals surface area contributed by atoms with Crippen LogP contribution < -0.4 is 15.4 Å². The van der Waals surface area contributed by atoms with Crippen LogP contribution in [0.4, 0.5) is 23.7 Å². The SMILES string of the molecule is [C-]#[N+]C1=C(C)N(c2cccc(C(F)(F)F)c2)C(=O)N[C@@H]1c1ccc(C#N)cc1S(N)(=O)=O. The highest BCUT2D eigenvalue weighted by atomic mass is 32.2. The number of amides is 2. The Labute approximate surface area is 181 Å². The van der Waals surface area contributed by atoms with Crippen LogP contribution in [0, 0.1) is 17.9 Å². The average molecular weight is 461 g/mol. The van der Waals surface area contributed by atoms with E-state index in [9.17, 15) is 26.4 Å². The Kier molecular flexibility index (Phi) is 5.70. The molecule has 3 rings (SSSR count). The van der Waals surface area contributed by atoms with Gasteiger partial charge in [-0.25, -0.2) is 23.2 Å². The molecule has 3 N–H and O–H groups in total. The fourth-order valence-corrected chi connectivity index (χ4v) is 4.13. The first kappa shape index (κ1) is 22.8. The van der Waals surface area contributed by atoms with Gasteiger partial charge in [-0.3, -0.25) is 4.90 Å². The number of nitriles is 1. The number of carbonyl (C=O) groups is 1. The van der Waals surface area contributed by atoms with E-state index in [2.05, 4.69) is 10.2 Å². The minimum absolute atomic E-state index is 0.00410. The third kappa shape index (κ3) is 4.14. The number of hydrogen-bond acceptors (Lipinski definition) is 4. The molecule has 1 heterocycles. The van der Waals surface area contributed by atoms with Crippen LogP contribution in [-0.4, -0.2) is 14.4 Å². The molecule has 1 atom stereocenters. The molecule has 32 heavy (non-hydrogen) atoms. The van der Waals surface area contributed by atoms with Gasteiger partial charge in [0, 0.05) is 11.4 Å². The van der Waals surface area contributed by atoms with Gasteiger partial charge in [-0.1, -0.05) is 12.1 Å². The number of allylic oxidation sites excluding steroid dienone is 1. The lowest BCUT2D eigenvalue weighted by Crippen LogP contribution is -2.46. The predicted molar refractivity (Wildman–Crippen MR) is 107 cm³/mol. The van der Waals surface area contributed by atoms with Crippen molar-refractivity contribution in [1.29, 1.82) is 5.26 Å². The highest BCUT2D eigenvalue weighted by molar-refractivity contribution is 7.89. The van der Waals surface area contributed by atoms with E-state index in [4.69, 9.17) is 17.0 Å². The number of sulfonamides is 1. The number of rotatable bonds is 3. The maximum Gasteiger partial charge on any atom is 0.416 e. The number of halogens is 3. The molecular formula is C20H14F3N5O3S. The van der Waals surface area contributed by atoms with Crippen LogP contribution in [0.25, 0.3) is 4.85 Å². The number of hydrogen-bond donors (Lipinski definition) is 2. The van der Waals surface area contributed by atoms with Gasteiger partial charge in [0.15, 0.2) is 0 Å². The number of carbonyl (C=O) groups excluding carboxylic acids is 1. The molecule has 0 unspecified atom stereocenters. The van der Waals surface area contributed by atoms with Crippen molar-refractivity contribution in [2.45, 2.75) is 24.0 Å². The fourth-order valence-electron chi connectivity index (χ4n) is 3.32. The van der Waals surface area contributed by atoms with Gasteiger partial charge >= 0.3 is 12.2 Å². The molecule has 0 saturated carbocycles. The molecular weight excluding hydrogens is 447 g/mol. The Hall–Kier alpha value is -3.87. The quantitative estimate of drug-likeness (QED) is 0.678. The molecule has 2 amide bonds. The molecule has 2 aromatic carbocycles. The summed E-state index contributed by atoms with van der Waals surface area (Å²) >= 11 is 0. The van der Waals surface area contributed by atoms with E-state index in [-0.39, 0.29) is 28.2 Å². The van der Waals surface area contributed by atoms with Crippen LogP contribution in [-0.2, 0) is 16.2 Å². The largest absolute Gasteiger partial charge is 0.416 e. The van der Waals surface area contributed by atoms with Crippen molar-refractivity contribution in [3.63, 3.8) is 0 Å². The van der Waals surface area contributed by atoms with E-state index in [1.165, 1.54) is 25.1 Å². The van der Waals surface area contributed by atoms with E-state index in [0.29, 0.717) is 0 Å². The number of alkyl halides is 3. The predicted octanol–water partition coefficient (Wildman–Crippen LogP) is 3.65. The van der Waals surface area contributed by atoms with E-state index < -0.39 is 38.7 Å². The number of nitrogens with one attached hydrogen (secondary N) is 1. The van der Waals surface area contributed by atoms with Crippen LogP contribution in [0.15, 0.2) is 58.8 Å². The second-order valence-corrected chi connectivity index (χ2v) is 8.29. The average Bonchev–Trinajstić information content (AvgIpc) is 2.72. The van der Waals surface area contributed by atoms with Crippen molar-refractivity contribution in [3.05, 3.63) is 82.0 Å². The zero-order valence-corrected chi connectivity index (χ0v) is 17.1. The first-order chi connectivity index (χ1) is 14.9. The number of urea groups is 1. The topological polar surface area (TPSA) is 121 Å². The number of anilines is 1. The van der Waals surface area contributed by atoms with Crippen LogP contribution in [0.5, 0.6) is 0 Å². The Balaban J connectivity index is 2.19. The van der Waals surface area contributed by atoms with E-state index in [1.54, 1.807) is 6.07 Å². The lowest BCUT2D eigenvalue weighted by molar-refractivity contribution is -0.137. The molecule has 0 saturated heterocycles. The Morgan fingerprint density at radius 2 is 1.94 bits per heavy atom. The minimum Gasteiger partial charge on any atom is -0.335 e. The van der Waals surface area contributed by atoms with Crippen molar-refractivity contribution < 1.29 is 26.4 Å². The van der Waals surface area contributed by atoms with Gasteiger partial charge in [0.2, 0.25) is 15.7 Å². The zero-order valence-electron chi connectivity index (χ0n) is 16.3. The highest BCUT2D eigenvalue weighted by Gasteiger charge is 2.37. The van der Waals surface area contributed by atoms with Crippen LogP contribution in [0.2, 0.25) is 0 Å². The molecule has 2 aromatic rings. The molecule has 12 heteroatoms. The van der Waals surface area contributed by atoms with Crippen LogP contribution in [0.3, 0.4) is 0 Å². The third-order valence-corrected chi connectivity index (χ3v) is 5.73. The summed E-state index contributed by atoms with van der Waals surface area (Å²) in [6.45, 7) is 8.91. The molecule has 164 valence electrons. The van der Waals surface area contributed by atoms with E-state index in [1.807, 2.05) is 0 Å². The maximum absolute atomic E-state index is 13.1. The summed E-state index contributed by atoms with van der Waals surface area (Å²) in [5, 5.41) is 16.8. The molecule has 0 aromatic heterocycles. The molecule has 0 bridgehead atoms. The number of primary sulfonamides is 1. The van der Waals surface area contributed by atoms with Gasteiger partial charge in [0.25, 0.3) is 0 Å². The molecule has 1 aliphatic rings. The van der Waals surface area contributed by atoms with Gasteiger partial charge in [-0.15, -0.1) is 0 Å². The Morgan fingerprint density at radius 3 is 2.50 bits per heavy atom. The summed E-state index contributed by atoms with van der Waals surface area (Å²) in [6, 6.07) is 7.24. The normalized spacial score (nSPS) is 16.9. The summed E-state index contributed by atoms with van der Waals surface area (Å²) in [6.07, 6.45) is -4.64. The van der Waals surface area contributed by atoms with E-state index in [0.717, 1.165) is 29.2 Å². The summed E-state index contributed by atoms with van der Waals surface area (Å²) in [5.41, 5.74) is -1.27. The molecule has 8 nitrogen and oxygen atoms in total. The van der Waals surface area contributed by atoms with Crippen molar-refractivity contribution in [1.82, 2.24) is 5.32 Å². The summed E-state index contributed by atoms with van der Waals surface area (Å²) < 4.78 is 63.5. The second-order valence-electron chi connectivity index (χ2n) is 6.76. The lowest BCUT2D eigenvalue weighted by Gasteiger charge is -2.34. The van der Waals surface area contributed by atoms with Gasteiger partial charge in [-0.05, 0) is 42.8 Å². The van der Waals surface area contributed by atoms with Gasteiger partial charge in [-0.2, -0.15) is 18.4 Å². The van der Waals surface area contributed by atoms with Gasteiger partial charge in [0.1, 0.15) is 0 Å². The number of benzene rings is 2. The Bertz CT molecular complexity index is 1340.